The predicted octanol–water partition coefficient (Wildman–Crippen LogP) is 3.93. The fraction of sp³-hybridized carbons (Fsp3) is 0.0625. The lowest BCUT2D eigenvalue weighted by Crippen LogP contribution is -2.14. The summed E-state index contributed by atoms with van der Waals surface area (Å²) in [5.41, 5.74) is 2.20. The first-order valence-electron chi connectivity index (χ1n) is 6.39. The number of benzene rings is 2. The Balaban J connectivity index is 2.07. The zero-order valence-electron chi connectivity index (χ0n) is 11.2. The molecule has 3 aromatic rings. The van der Waals surface area contributed by atoms with Gasteiger partial charge in [-0.05, 0) is 42.3 Å². The molecule has 0 saturated carbocycles. The average molecular weight is 303 g/mol. The van der Waals surface area contributed by atoms with E-state index in [2.05, 4.69) is 4.98 Å². The Hall–Kier alpha value is -2.33. The second-order valence-corrected chi connectivity index (χ2v) is 5.22. The molecule has 0 aliphatic heterocycles. The maximum absolute atomic E-state index is 13.6. The highest BCUT2D eigenvalue weighted by Gasteiger charge is 2.08. The molecule has 0 bridgehead atoms. The van der Waals surface area contributed by atoms with Gasteiger partial charge in [0.2, 0.25) is 0 Å². The maximum Gasteiger partial charge on any atom is 0.330 e. The number of aryl methyl sites for hydroxylation is 1. The molecule has 0 atom stereocenters. The lowest BCUT2D eigenvalue weighted by atomic mass is 10.2. The van der Waals surface area contributed by atoms with Crippen LogP contribution in [-0.2, 0) is 0 Å². The maximum atomic E-state index is 13.6. The predicted molar refractivity (Wildman–Crippen MR) is 81.5 cm³/mol. The second kappa shape index (κ2) is 5.22. The van der Waals surface area contributed by atoms with Gasteiger partial charge in [-0.3, -0.25) is 4.57 Å². The summed E-state index contributed by atoms with van der Waals surface area (Å²) in [6.45, 7) is 1.68. The molecule has 3 rings (SSSR count). The molecule has 0 unspecified atom stereocenters. The number of rotatable bonds is 2. The second-order valence-electron chi connectivity index (χ2n) is 4.78. The van der Waals surface area contributed by atoms with Crippen molar-refractivity contribution in [2.24, 2.45) is 0 Å². The van der Waals surface area contributed by atoms with Crippen molar-refractivity contribution in [1.29, 1.82) is 0 Å². The van der Waals surface area contributed by atoms with Crippen LogP contribution in [-0.4, -0.2) is 9.55 Å². The van der Waals surface area contributed by atoms with Crippen LogP contribution in [0.3, 0.4) is 0 Å². The van der Waals surface area contributed by atoms with Gasteiger partial charge in [0.05, 0.1) is 11.4 Å². The number of nitrogens with one attached hydrogen (secondary N) is 1. The summed E-state index contributed by atoms with van der Waals surface area (Å²) in [6, 6.07) is 11.8. The van der Waals surface area contributed by atoms with Crippen LogP contribution in [0.25, 0.3) is 16.9 Å². The number of H-pyrrole nitrogens is 1. The van der Waals surface area contributed by atoms with Gasteiger partial charge in [-0.25, -0.2) is 9.18 Å². The summed E-state index contributed by atoms with van der Waals surface area (Å²) in [4.78, 5) is 14.8. The molecule has 21 heavy (non-hydrogen) atoms. The van der Waals surface area contributed by atoms with Gasteiger partial charge in [0, 0.05) is 11.2 Å². The van der Waals surface area contributed by atoms with Gasteiger partial charge in [-0.1, -0.05) is 29.8 Å². The first-order chi connectivity index (χ1) is 10.0. The van der Waals surface area contributed by atoms with Gasteiger partial charge < -0.3 is 4.98 Å². The van der Waals surface area contributed by atoms with Crippen molar-refractivity contribution >= 4 is 11.6 Å². The molecule has 1 heterocycles. The van der Waals surface area contributed by atoms with E-state index in [1.807, 2.05) is 12.1 Å². The van der Waals surface area contributed by atoms with Crippen molar-refractivity contribution in [1.82, 2.24) is 9.55 Å². The molecule has 106 valence electrons. The van der Waals surface area contributed by atoms with Gasteiger partial charge in [0.1, 0.15) is 5.82 Å². The van der Waals surface area contributed by atoms with Crippen LogP contribution in [0.4, 0.5) is 4.39 Å². The normalized spacial score (nSPS) is 10.8. The van der Waals surface area contributed by atoms with Crippen LogP contribution >= 0.6 is 11.6 Å². The topological polar surface area (TPSA) is 37.8 Å². The molecule has 0 fully saturated rings. The first kappa shape index (κ1) is 13.6. The third-order valence-electron chi connectivity index (χ3n) is 3.31. The van der Waals surface area contributed by atoms with E-state index in [4.69, 9.17) is 11.6 Å². The van der Waals surface area contributed by atoms with Crippen molar-refractivity contribution in [3.63, 3.8) is 0 Å². The van der Waals surface area contributed by atoms with Gasteiger partial charge in [0.25, 0.3) is 0 Å². The molecule has 1 N–H and O–H groups in total. The molecule has 0 amide bonds. The monoisotopic (exact) mass is 302 g/mol. The number of imidazole rings is 1. The summed E-state index contributed by atoms with van der Waals surface area (Å²) >= 11 is 5.84. The van der Waals surface area contributed by atoms with Gasteiger partial charge in [-0.2, -0.15) is 0 Å². The SMILES string of the molecule is Cc1ccc(-n2cc(-c3ccc(Cl)cc3)[nH]c2=O)cc1F. The fourth-order valence-corrected chi connectivity index (χ4v) is 2.22. The van der Waals surface area contributed by atoms with Gasteiger partial charge in [0.15, 0.2) is 0 Å². The minimum absolute atomic E-state index is 0.316. The number of aromatic nitrogens is 2. The Bertz CT molecular complexity index is 849. The Kier molecular flexibility index (Phi) is 3.39. The van der Waals surface area contributed by atoms with E-state index in [-0.39, 0.29) is 11.5 Å². The number of hydrogen-bond donors (Lipinski definition) is 1. The standard InChI is InChI=1S/C16H12ClFN2O/c1-10-2-7-13(8-14(10)18)20-9-15(19-16(20)21)11-3-5-12(17)6-4-11/h2-9H,1H3,(H,19,21). The van der Waals surface area contributed by atoms with Crippen LogP contribution in [0.1, 0.15) is 5.56 Å². The molecule has 0 saturated heterocycles. The van der Waals surface area contributed by atoms with E-state index in [0.29, 0.717) is 22.0 Å². The molecule has 3 nitrogen and oxygen atoms in total. The third kappa shape index (κ3) is 2.62. The molecule has 0 aliphatic carbocycles. The lowest BCUT2D eigenvalue weighted by molar-refractivity contribution is 0.617. The molecule has 5 heteroatoms. The van der Waals surface area contributed by atoms with Crippen LogP contribution in [0.15, 0.2) is 53.5 Å². The zero-order chi connectivity index (χ0) is 15.0. The molecule has 2 aromatic carbocycles. The Labute approximate surface area is 125 Å². The van der Waals surface area contributed by atoms with Crippen LogP contribution in [0.5, 0.6) is 0 Å². The highest BCUT2D eigenvalue weighted by atomic mass is 35.5. The number of nitrogens with zero attached hydrogens (tertiary/aromatic N) is 1. The highest BCUT2D eigenvalue weighted by Crippen LogP contribution is 2.20. The van der Waals surface area contributed by atoms with Crippen LogP contribution < -0.4 is 5.69 Å². The molecule has 0 radical (unpaired) electrons. The Morgan fingerprint density at radius 3 is 2.52 bits per heavy atom. The summed E-state index contributed by atoms with van der Waals surface area (Å²) in [7, 11) is 0. The fourth-order valence-electron chi connectivity index (χ4n) is 2.09. The summed E-state index contributed by atoms with van der Waals surface area (Å²) in [6.07, 6.45) is 1.65. The van der Waals surface area contributed by atoms with Crippen molar-refractivity contribution in [2.75, 3.05) is 0 Å². The van der Waals surface area contributed by atoms with Crippen molar-refractivity contribution in [2.45, 2.75) is 6.92 Å². The van der Waals surface area contributed by atoms with Gasteiger partial charge in [-0.15, -0.1) is 0 Å². The number of hydrogen-bond acceptors (Lipinski definition) is 1. The molecule has 1 aromatic heterocycles. The number of aromatic amines is 1. The molecular formula is C16H12ClFN2O. The minimum Gasteiger partial charge on any atom is -0.305 e. The Morgan fingerprint density at radius 1 is 1.14 bits per heavy atom. The molecule has 0 aliphatic rings. The summed E-state index contributed by atoms with van der Waals surface area (Å²) in [5, 5.41) is 0.626. The van der Waals surface area contributed by atoms with Gasteiger partial charge >= 0.3 is 5.69 Å². The largest absolute Gasteiger partial charge is 0.330 e. The minimum atomic E-state index is -0.339. The summed E-state index contributed by atoms with van der Waals surface area (Å²) in [5.74, 6) is -0.339. The highest BCUT2D eigenvalue weighted by molar-refractivity contribution is 6.30. The molecule has 0 spiro atoms. The lowest BCUT2D eigenvalue weighted by Gasteiger charge is -2.02. The van der Waals surface area contributed by atoms with Crippen LogP contribution in [0.2, 0.25) is 5.02 Å². The van der Waals surface area contributed by atoms with E-state index in [9.17, 15) is 9.18 Å². The quantitative estimate of drug-likeness (QED) is 0.765. The van der Waals surface area contributed by atoms with E-state index in [0.717, 1.165) is 5.56 Å². The first-order valence-corrected chi connectivity index (χ1v) is 6.76. The van der Waals surface area contributed by atoms with Crippen molar-refractivity contribution in [3.8, 4) is 16.9 Å². The average Bonchev–Trinajstić information content (AvgIpc) is 2.85. The Morgan fingerprint density at radius 2 is 1.86 bits per heavy atom. The van der Waals surface area contributed by atoms with E-state index in [1.54, 1.807) is 37.4 Å². The smallest absolute Gasteiger partial charge is 0.305 e. The number of halogens is 2. The van der Waals surface area contributed by atoms with E-state index in [1.165, 1.54) is 10.6 Å². The third-order valence-corrected chi connectivity index (χ3v) is 3.56. The van der Waals surface area contributed by atoms with Crippen molar-refractivity contribution < 1.29 is 4.39 Å². The molecular weight excluding hydrogens is 291 g/mol. The summed E-state index contributed by atoms with van der Waals surface area (Å²) < 4.78 is 15.0. The van der Waals surface area contributed by atoms with Crippen LogP contribution in [0, 0.1) is 12.7 Å². The van der Waals surface area contributed by atoms with Crippen molar-refractivity contribution in [3.05, 3.63) is 75.5 Å². The van der Waals surface area contributed by atoms with E-state index < -0.39 is 0 Å². The zero-order valence-corrected chi connectivity index (χ0v) is 12.0. The van der Waals surface area contributed by atoms with E-state index >= 15 is 0 Å².